The summed E-state index contributed by atoms with van der Waals surface area (Å²) < 4.78 is 29.1. The zero-order valence-electron chi connectivity index (χ0n) is 9.50. The normalized spacial score (nSPS) is 11.2. The van der Waals surface area contributed by atoms with E-state index in [9.17, 15) is 8.42 Å². The monoisotopic (exact) mass is 375 g/mol. The highest BCUT2D eigenvalue weighted by molar-refractivity contribution is 14.1. The largest absolute Gasteiger partial charge is 0.439 e. The molecule has 1 heterocycles. The molecular weight excluding hydrogens is 365 g/mol. The fourth-order valence-electron chi connectivity index (χ4n) is 1.27. The molecule has 0 aliphatic rings. The second kappa shape index (κ2) is 5.23. The van der Waals surface area contributed by atoms with E-state index in [0.29, 0.717) is 11.6 Å². The highest BCUT2D eigenvalue weighted by Gasteiger charge is 2.07. The number of halogens is 1. The number of ether oxygens (including phenoxy) is 1. The summed E-state index contributed by atoms with van der Waals surface area (Å²) in [5.41, 5.74) is 0. The smallest absolute Gasteiger partial charge is 0.219 e. The Balaban J connectivity index is 2.18. The van der Waals surface area contributed by atoms with E-state index >= 15 is 0 Å². The fraction of sp³-hybridized carbons (Fsp3) is 0.0833. The number of benzene rings is 1. The predicted molar refractivity (Wildman–Crippen MR) is 76.6 cm³/mol. The van der Waals surface area contributed by atoms with Gasteiger partial charge in [0.15, 0.2) is 9.84 Å². The van der Waals surface area contributed by atoms with Gasteiger partial charge in [-0.3, -0.25) is 0 Å². The molecule has 1 aromatic carbocycles. The zero-order valence-corrected chi connectivity index (χ0v) is 12.5. The molecule has 2 aromatic rings. The van der Waals surface area contributed by atoms with Crippen molar-refractivity contribution in [2.45, 2.75) is 4.90 Å². The minimum absolute atomic E-state index is 0.178. The van der Waals surface area contributed by atoms with Crippen molar-refractivity contribution < 1.29 is 13.2 Å². The molecule has 6 heteroatoms. The molecule has 0 bridgehead atoms. The molecule has 0 unspecified atom stereocenters. The Morgan fingerprint density at radius 1 is 1.11 bits per heavy atom. The van der Waals surface area contributed by atoms with Crippen LogP contribution in [0.3, 0.4) is 0 Å². The maximum Gasteiger partial charge on any atom is 0.219 e. The van der Waals surface area contributed by atoms with Gasteiger partial charge in [-0.15, -0.1) is 0 Å². The van der Waals surface area contributed by atoms with E-state index in [1.54, 1.807) is 0 Å². The first kappa shape index (κ1) is 13.3. The standard InChI is InChI=1S/C12H10INO3S/c1-18(15,16)11-6-7-12(14-8-11)17-10-4-2-9(13)3-5-10/h2-8H,1H3. The summed E-state index contributed by atoms with van der Waals surface area (Å²) in [5.74, 6) is 1.03. The average molecular weight is 375 g/mol. The molecule has 0 fully saturated rings. The Morgan fingerprint density at radius 3 is 2.28 bits per heavy atom. The second-order valence-corrected chi connectivity index (χ2v) is 6.92. The minimum atomic E-state index is -3.22. The molecule has 94 valence electrons. The quantitative estimate of drug-likeness (QED) is 0.775. The average Bonchev–Trinajstić information content (AvgIpc) is 2.32. The van der Waals surface area contributed by atoms with Crippen molar-refractivity contribution >= 4 is 32.4 Å². The van der Waals surface area contributed by atoms with Gasteiger partial charge in [-0.2, -0.15) is 0 Å². The summed E-state index contributed by atoms with van der Waals surface area (Å²) in [6.45, 7) is 0. The van der Waals surface area contributed by atoms with E-state index in [0.717, 1.165) is 9.83 Å². The van der Waals surface area contributed by atoms with Crippen LogP contribution in [0.2, 0.25) is 0 Å². The minimum Gasteiger partial charge on any atom is -0.439 e. The topological polar surface area (TPSA) is 56.3 Å². The summed E-state index contributed by atoms with van der Waals surface area (Å²) in [6.07, 6.45) is 2.43. The fourth-order valence-corrected chi connectivity index (χ4v) is 2.19. The molecule has 1 aromatic heterocycles. The molecule has 0 atom stereocenters. The van der Waals surface area contributed by atoms with Gasteiger partial charge in [0, 0.05) is 22.1 Å². The van der Waals surface area contributed by atoms with Gasteiger partial charge in [0.25, 0.3) is 0 Å². The first-order valence-electron chi connectivity index (χ1n) is 5.05. The van der Waals surface area contributed by atoms with Gasteiger partial charge in [0.1, 0.15) is 5.75 Å². The lowest BCUT2D eigenvalue weighted by atomic mass is 10.3. The van der Waals surface area contributed by atoms with E-state index in [4.69, 9.17) is 4.74 Å². The Morgan fingerprint density at radius 2 is 1.78 bits per heavy atom. The van der Waals surface area contributed by atoms with E-state index in [1.807, 2.05) is 24.3 Å². The van der Waals surface area contributed by atoms with Crippen LogP contribution in [0.15, 0.2) is 47.5 Å². The summed E-state index contributed by atoms with van der Waals surface area (Å²) in [7, 11) is -3.22. The molecule has 0 aliphatic carbocycles. The molecular formula is C12H10INO3S. The summed E-state index contributed by atoms with van der Waals surface area (Å²) >= 11 is 2.20. The van der Waals surface area contributed by atoms with Gasteiger partial charge in [0.05, 0.1) is 4.90 Å². The molecule has 0 saturated heterocycles. The van der Waals surface area contributed by atoms with Gasteiger partial charge >= 0.3 is 0 Å². The molecule has 0 N–H and O–H groups in total. The molecule has 0 aliphatic heterocycles. The van der Waals surface area contributed by atoms with Gasteiger partial charge in [-0.25, -0.2) is 13.4 Å². The van der Waals surface area contributed by atoms with Crippen molar-refractivity contribution in [2.24, 2.45) is 0 Å². The van der Waals surface area contributed by atoms with E-state index in [2.05, 4.69) is 27.6 Å². The number of aromatic nitrogens is 1. The van der Waals surface area contributed by atoms with Crippen molar-refractivity contribution in [1.82, 2.24) is 4.98 Å². The SMILES string of the molecule is CS(=O)(=O)c1ccc(Oc2ccc(I)cc2)nc1. The summed E-state index contributed by atoms with van der Waals surface area (Å²) in [4.78, 5) is 4.14. The van der Waals surface area contributed by atoms with Crippen LogP contribution in [-0.4, -0.2) is 19.7 Å². The summed E-state index contributed by atoms with van der Waals surface area (Å²) in [6, 6.07) is 10.5. The third-order valence-corrected chi connectivity index (χ3v) is 3.99. The van der Waals surface area contributed by atoms with Gasteiger partial charge in [-0.1, -0.05) is 0 Å². The van der Waals surface area contributed by atoms with Crippen LogP contribution < -0.4 is 4.74 Å². The Bertz CT molecular complexity index is 636. The van der Waals surface area contributed by atoms with Crippen molar-refractivity contribution in [3.05, 3.63) is 46.2 Å². The number of sulfone groups is 1. The molecule has 0 radical (unpaired) electrons. The van der Waals surface area contributed by atoms with Crippen molar-refractivity contribution in [3.63, 3.8) is 0 Å². The lowest BCUT2D eigenvalue weighted by Gasteiger charge is -2.05. The Kier molecular flexibility index (Phi) is 3.86. The number of rotatable bonds is 3. The maximum absolute atomic E-state index is 11.3. The van der Waals surface area contributed by atoms with Crippen molar-refractivity contribution in [1.29, 1.82) is 0 Å². The van der Waals surface area contributed by atoms with Gasteiger partial charge in [0.2, 0.25) is 5.88 Å². The van der Waals surface area contributed by atoms with E-state index in [-0.39, 0.29) is 4.90 Å². The third-order valence-electron chi connectivity index (χ3n) is 2.17. The third kappa shape index (κ3) is 3.42. The highest BCUT2D eigenvalue weighted by atomic mass is 127. The van der Waals surface area contributed by atoms with Crippen LogP contribution >= 0.6 is 22.6 Å². The van der Waals surface area contributed by atoms with E-state index in [1.165, 1.54) is 18.3 Å². The molecule has 0 saturated carbocycles. The maximum atomic E-state index is 11.3. The lowest BCUT2D eigenvalue weighted by molar-refractivity contribution is 0.462. The highest BCUT2D eigenvalue weighted by Crippen LogP contribution is 2.21. The number of nitrogens with zero attached hydrogens (tertiary/aromatic N) is 1. The lowest BCUT2D eigenvalue weighted by Crippen LogP contribution is -1.98. The molecule has 18 heavy (non-hydrogen) atoms. The van der Waals surface area contributed by atoms with Crippen molar-refractivity contribution in [3.8, 4) is 11.6 Å². The van der Waals surface area contributed by atoms with Crippen LogP contribution in [0.25, 0.3) is 0 Å². The summed E-state index contributed by atoms with van der Waals surface area (Å²) in [5, 5.41) is 0. The van der Waals surface area contributed by atoms with Crippen molar-refractivity contribution in [2.75, 3.05) is 6.26 Å². The first-order chi connectivity index (χ1) is 8.45. The van der Waals surface area contributed by atoms with Crippen LogP contribution in [0, 0.1) is 3.57 Å². The Labute approximate surface area is 119 Å². The predicted octanol–water partition coefficient (Wildman–Crippen LogP) is 2.88. The second-order valence-electron chi connectivity index (χ2n) is 3.66. The van der Waals surface area contributed by atoms with Crippen LogP contribution in [0.5, 0.6) is 11.6 Å². The zero-order chi connectivity index (χ0) is 13.2. The van der Waals surface area contributed by atoms with Gasteiger partial charge < -0.3 is 4.74 Å². The number of pyridine rings is 1. The van der Waals surface area contributed by atoms with Crippen LogP contribution in [0.1, 0.15) is 0 Å². The first-order valence-corrected chi connectivity index (χ1v) is 8.02. The molecule has 2 rings (SSSR count). The molecule has 4 nitrogen and oxygen atoms in total. The molecule has 0 spiro atoms. The van der Waals surface area contributed by atoms with Crippen LogP contribution in [0.4, 0.5) is 0 Å². The number of hydrogen-bond acceptors (Lipinski definition) is 4. The number of hydrogen-bond donors (Lipinski definition) is 0. The van der Waals surface area contributed by atoms with Crippen LogP contribution in [-0.2, 0) is 9.84 Å². The van der Waals surface area contributed by atoms with E-state index < -0.39 is 9.84 Å². The Hall–Kier alpha value is -1.15. The molecule has 0 amide bonds. The van der Waals surface area contributed by atoms with Gasteiger partial charge in [-0.05, 0) is 52.9 Å².